The van der Waals surface area contributed by atoms with E-state index in [4.69, 9.17) is 5.73 Å². The average Bonchev–Trinajstić information content (AvgIpc) is 1.99. The van der Waals surface area contributed by atoms with E-state index in [-0.39, 0.29) is 23.8 Å². The van der Waals surface area contributed by atoms with Crippen molar-refractivity contribution in [2.75, 3.05) is 12.3 Å². The Morgan fingerprint density at radius 1 is 1.47 bits per heavy atom. The first-order valence-electron chi connectivity index (χ1n) is 5.58. The molecule has 90 valence electrons. The molecule has 0 aromatic heterocycles. The lowest BCUT2D eigenvalue weighted by Crippen LogP contribution is -2.49. The highest BCUT2D eigenvalue weighted by Gasteiger charge is 2.32. The van der Waals surface area contributed by atoms with Gasteiger partial charge in [-0.15, -0.1) is 0 Å². The van der Waals surface area contributed by atoms with Crippen LogP contribution in [-0.4, -0.2) is 37.1 Å². The van der Waals surface area contributed by atoms with Crippen molar-refractivity contribution < 1.29 is 8.42 Å². The van der Waals surface area contributed by atoms with Crippen molar-refractivity contribution in [2.24, 2.45) is 11.7 Å². The van der Waals surface area contributed by atoms with Gasteiger partial charge in [0.15, 0.2) is 0 Å². The maximum absolute atomic E-state index is 12.0. The normalized spacial score (nSPS) is 29.7. The summed E-state index contributed by atoms with van der Waals surface area (Å²) in [6.45, 7) is 6.38. The van der Waals surface area contributed by atoms with Crippen LogP contribution in [0.5, 0.6) is 0 Å². The molecule has 0 radical (unpaired) electrons. The second-order valence-corrected chi connectivity index (χ2v) is 6.88. The van der Waals surface area contributed by atoms with Gasteiger partial charge in [-0.25, -0.2) is 8.42 Å². The van der Waals surface area contributed by atoms with Crippen molar-refractivity contribution in [1.29, 1.82) is 0 Å². The summed E-state index contributed by atoms with van der Waals surface area (Å²) in [7, 11) is -3.08. The molecule has 2 atom stereocenters. The Balaban J connectivity index is 2.71. The van der Waals surface area contributed by atoms with Crippen molar-refractivity contribution in [1.82, 2.24) is 4.31 Å². The molecule has 1 rings (SSSR count). The lowest BCUT2D eigenvalue weighted by molar-refractivity contribution is 0.246. The summed E-state index contributed by atoms with van der Waals surface area (Å²) < 4.78 is 25.6. The standard InChI is InChI=1S/C10H22N2O2S/c1-8(2)7-15(13,14)12-5-4-10(11)6-9(12)3/h8-10H,4-7,11H2,1-3H3. The van der Waals surface area contributed by atoms with Crippen molar-refractivity contribution in [2.45, 2.75) is 45.7 Å². The zero-order chi connectivity index (χ0) is 11.6. The SMILES string of the molecule is CC(C)CS(=O)(=O)N1CCC(N)CC1C. The van der Waals surface area contributed by atoms with E-state index in [0.29, 0.717) is 6.54 Å². The summed E-state index contributed by atoms with van der Waals surface area (Å²) in [5.41, 5.74) is 5.81. The third-order valence-electron chi connectivity index (χ3n) is 2.76. The van der Waals surface area contributed by atoms with Crippen molar-refractivity contribution >= 4 is 10.0 Å². The van der Waals surface area contributed by atoms with Crippen molar-refractivity contribution in [3.63, 3.8) is 0 Å². The fourth-order valence-electron chi connectivity index (χ4n) is 2.12. The van der Waals surface area contributed by atoms with Crippen LogP contribution >= 0.6 is 0 Å². The van der Waals surface area contributed by atoms with Crippen LogP contribution in [0.4, 0.5) is 0 Å². The van der Waals surface area contributed by atoms with Gasteiger partial charge in [0.05, 0.1) is 5.75 Å². The van der Waals surface area contributed by atoms with Crippen LogP contribution in [0.1, 0.15) is 33.6 Å². The monoisotopic (exact) mass is 234 g/mol. The molecule has 1 fully saturated rings. The molecule has 1 heterocycles. The molecule has 0 spiro atoms. The molecular formula is C10H22N2O2S. The quantitative estimate of drug-likeness (QED) is 0.785. The van der Waals surface area contributed by atoms with Gasteiger partial charge in [0.2, 0.25) is 10.0 Å². The number of hydrogen-bond acceptors (Lipinski definition) is 3. The van der Waals surface area contributed by atoms with Gasteiger partial charge in [-0.05, 0) is 25.7 Å². The van der Waals surface area contributed by atoms with Gasteiger partial charge < -0.3 is 5.73 Å². The molecule has 2 unspecified atom stereocenters. The van der Waals surface area contributed by atoms with Crippen LogP contribution < -0.4 is 5.73 Å². The van der Waals surface area contributed by atoms with E-state index in [9.17, 15) is 8.42 Å². The van der Waals surface area contributed by atoms with E-state index < -0.39 is 10.0 Å². The molecule has 2 N–H and O–H groups in total. The fourth-order valence-corrected chi connectivity index (χ4v) is 4.17. The highest BCUT2D eigenvalue weighted by molar-refractivity contribution is 7.89. The van der Waals surface area contributed by atoms with Gasteiger partial charge in [-0.3, -0.25) is 0 Å². The summed E-state index contributed by atoms with van der Waals surface area (Å²) in [5.74, 6) is 0.421. The van der Waals surface area contributed by atoms with Gasteiger partial charge in [0.1, 0.15) is 0 Å². The van der Waals surface area contributed by atoms with Crippen LogP contribution in [-0.2, 0) is 10.0 Å². The predicted molar refractivity (Wildman–Crippen MR) is 62.0 cm³/mol. The summed E-state index contributed by atoms with van der Waals surface area (Å²) in [6, 6.07) is 0.211. The first-order valence-corrected chi connectivity index (χ1v) is 7.19. The number of nitrogens with two attached hydrogens (primary N) is 1. The molecule has 15 heavy (non-hydrogen) atoms. The van der Waals surface area contributed by atoms with E-state index in [1.54, 1.807) is 4.31 Å². The molecule has 0 bridgehead atoms. The smallest absolute Gasteiger partial charge is 0.214 e. The Hall–Kier alpha value is -0.130. The van der Waals surface area contributed by atoms with Gasteiger partial charge in [0.25, 0.3) is 0 Å². The van der Waals surface area contributed by atoms with E-state index in [1.807, 2.05) is 20.8 Å². The molecule has 0 saturated carbocycles. The molecular weight excluding hydrogens is 212 g/mol. The molecule has 1 aliphatic rings. The molecule has 0 amide bonds. The number of sulfonamides is 1. The van der Waals surface area contributed by atoms with E-state index in [1.165, 1.54) is 0 Å². The van der Waals surface area contributed by atoms with Gasteiger partial charge >= 0.3 is 0 Å². The summed E-state index contributed by atoms with van der Waals surface area (Å²) in [4.78, 5) is 0. The number of piperidine rings is 1. The van der Waals surface area contributed by atoms with Gasteiger partial charge in [-0.1, -0.05) is 13.8 Å². The third kappa shape index (κ3) is 3.43. The second kappa shape index (κ2) is 4.80. The van der Waals surface area contributed by atoms with Crippen molar-refractivity contribution in [3.05, 3.63) is 0 Å². The zero-order valence-electron chi connectivity index (χ0n) is 9.81. The fraction of sp³-hybridized carbons (Fsp3) is 1.00. The largest absolute Gasteiger partial charge is 0.328 e. The molecule has 4 nitrogen and oxygen atoms in total. The molecule has 1 aliphatic heterocycles. The van der Waals surface area contributed by atoms with E-state index in [2.05, 4.69) is 0 Å². The number of hydrogen-bond donors (Lipinski definition) is 1. The minimum Gasteiger partial charge on any atom is -0.328 e. The minimum absolute atomic E-state index is 0.0532. The Kier molecular flexibility index (Phi) is 4.14. The molecule has 0 aliphatic carbocycles. The maximum Gasteiger partial charge on any atom is 0.214 e. The second-order valence-electron chi connectivity index (χ2n) is 4.92. The van der Waals surface area contributed by atoms with Gasteiger partial charge in [0, 0.05) is 18.6 Å². The molecule has 0 aromatic rings. The van der Waals surface area contributed by atoms with Crippen LogP contribution in [0.2, 0.25) is 0 Å². The molecule has 5 heteroatoms. The molecule has 1 saturated heterocycles. The van der Waals surface area contributed by atoms with E-state index in [0.717, 1.165) is 12.8 Å². The third-order valence-corrected chi connectivity index (χ3v) is 5.10. The average molecular weight is 234 g/mol. The Morgan fingerprint density at radius 3 is 2.53 bits per heavy atom. The van der Waals surface area contributed by atoms with Crippen LogP contribution in [0.25, 0.3) is 0 Å². The van der Waals surface area contributed by atoms with Crippen LogP contribution in [0, 0.1) is 5.92 Å². The Labute approximate surface area is 92.9 Å². The van der Waals surface area contributed by atoms with Gasteiger partial charge in [-0.2, -0.15) is 4.31 Å². The first kappa shape index (κ1) is 12.9. The highest BCUT2D eigenvalue weighted by atomic mass is 32.2. The lowest BCUT2D eigenvalue weighted by atomic mass is 10.0. The molecule has 0 aromatic carbocycles. The lowest BCUT2D eigenvalue weighted by Gasteiger charge is -2.35. The summed E-state index contributed by atoms with van der Waals surface area (Å²) in [5, 5.41) is 0. The van der Waals surface area contributed by atoms with Crippen LogP contribution in [0.15, 0.2) is 0 Å². The number of rotatable bonds is 3. The zero-order valence-corrected chi connectivity index (χ0v) is 10.6. The Bertz CT molecular complexity index is 301. The highest BCUT2D eigenvalue weighted by Crippen LogP contribution is 2.20. The number of nitrogens with zero attached hydrogens (tertiary/aromatic N) is 1. The Morgan fingerprint density at radius 2 is 2.07 bits per heavy atom. The maximum atomic E-state index is 12.0. The summed E-state index contributed by atoms with van der Waals surface area (Å²) in [6.07, 6.45) is 1.55. The summed E-state index contributed by atoms with van der Waals surface area (Å²) >= 11 is 0. The predicted octanol–water partition coefficient (Wildman–Crippen LogP) is 0.784. The first-order chi connectivity index (χ1) is 6.83. The topological polar surface area (TPSA) is 63.4 Å². The minimum atomic E-state index is -3.08. The van der Waals surface area contributed by atoms with Crippen LogP contribution in [0.3, 0.4) is 0 Å². The van der Waals surface area contributed by atoms with Crippen molar-refractivity contribution in [3.8, 4) is 0 Å². The van der Waals surface area contributed by atoms with E-state index >= 15 is 0 Å².